The Labute approximate surface area is 91.9 Å². The van der Waals surface area contributed by atoms with E-state index in [-0.39, 0.29) is 0 Å². The Hall–Kier alpha value is -0.110. The first-order valence-electron chi connectivity index (χ1n) is 4.83. The second-order valence-corrected chi connectivity index (χ2v) is 5.67. The Morgan fingerprint density at radius 2 is 2.07 bits per heavy atom. The fourth-order valence-corrected chi connectivity index (χ4v) is 4.20. The summed E-state index contributed by atoms with van der Waals surface area (Å²) >= 11 is 6.47. The van der Waals surface area contributed by atoms with E-state index in [1.807, 2.05) is 26.5 Å². The number of hydrogen-bond acceptors (Lipinski definition) is 1. The van der Waals surface area contributed by atoms with Gasteiger partial charge in [0.25, 0.3) is 0 Å². The van der Waals surface area contributed by atoms with Gasteiger partial charge in [-0.15, -0.1) is 0 Å². The van der Waals surface area contributed by atoms with E-state index < -0.39 is 7.43 Å². The van der Waals surface area contributed by atoms with Crippen molar-refractivity contribution in [3.63, 3.8) is 0 Å². The van der Waals surface area contributed by atoms with Crippen LogP contribution in [-0.2, 0) is 14.1 Å². The number of imidazole rings is 1. The minimum Gasteiger partial charge on any atom is -0.261 e. The van der Waals surface area contributed by atoms with Gasteiger partial charge in [0.2, 0.25) is 0 Å². The zero-order chi connectivity index (χ0) is 10.7. The third-order valence-electron chi connectivity index (χ3n) is 2.29. The molecule has 14 heavy (non-hydrogen) atoms. The van der Waals surface area contributed by atoms with Gasteiger partial charge in [-0.3, -0.25) is 4.67 Å². The molecule has 0 amide bonds. The molecule has 1 rings (SSSR count). The quantitative estimate of drug-likeness (QED) is 0.566. The minimum atomic E-state index is -0.712. The van der Waals surface area contributed by atoms with Crippen LogP contribution in [0.4, 0.5) is 0 Å². The molecule has 3 nitrogen and oxygen atoms in total. The van der Waals surface area contributed by atoms with Gasteiger partial charge in [-0.1, -0.05) is 25.1 Å². The molecule has 0 aliphatic carbocycles. The molecule has 1 heterocycles. The van der Waals surface area contributed by atoms with Crippen molar-refractivity contribution in [2.24, 2.45) is 14.1 Å². The lowest BCUT2D eigenvalue weighted by atomic mass is 10.7. The summed E-state index contributed by atoms with van der Waals surface area (Å²) in [7, 11) is 3.36. The highest BCUT2D eigenvalue weighted by atomic mass is 35.7. The van der Waals surface area contributed by atoms with E-state index in [0.717, 1.165) is 13.1 Å². The summed E-state index contributed by atoms with van der Waals surface area (Å²) in [6.07, 6.45) is 4.08. The highest BCUT2D eigenvalue weighted by Crippen LogP contribution is 2.42. The van der Waals surface area contributed by atoms with E-state index in [1.54, 1.807) is 0 Å². The van der Waals surface area contributed by atoms with Crippen LogP contribution in [0.2, 0.25) is 0 Å². The van der Waals surface area contributed by atoms with Crippen LogP contribution in [-0.4, -0.2) is 22.3 Å². The molecule has 80 valence electrons. The topological polar surface area (TPSA) is 12.1 Å². The molecule has 0 aliphatic rings. The number of aromatic nitrogens is 2. The summed E-state index contributed by atoms with van der Waals surface area (Å²) in [5.74, 6) is 0. The van der Waals surface area contributed by atoms with Crippen molar-refractivity contribution in [1.29, 1.82) is 0 Å². The molecule has 0 saturated heterocycles. The maximum atomic E-state index is 6.47. The second kappa shape index (κ2) is 5.11. The van der Waals surface area contributed by atoms with E-state index in [1.165, 1.54) is 5.57 Å². The van der Waals surface area contributed by atoms with E-state index >= 15 is 0 Å². The van der Waals surface area contributed by atoms with Crippen molar-refractivity contribution in [3.8, 4) is 0 Å². The Bertz CT molecular complexity index is 277. The monoisotopic (exact) mass is 234 g/mol. The molecule has 0 bridgehead atoms. The van der Waals surface area contributed by atoms with Gasteiger partial charge >= 0.3 is 5.57 Å². The molecule has 0 radical (unpaired) electrons. The summed E-state index contributed by atoms with van der Waals surface area (Å²) in [5.41, 5.74) is 1.19. The number of rotatable bonds is 4. The van der Waals surface area contributed by atoms with Gasteiger partial charge in [0, 0.05) is 13.1 Å². The molecule has 0 aliphatic heterocycles. The zero-order valence-electron chi connectivity index (χ0n) is 9.24. The summed E-state index contributed by atoms with van der Waals surface area (Å²) in [6.45, 7) is 6.28. The second-order valence-electron chi connectivity index (χ2n) is 3.22. The minimum absolute atomic E-state index is 0.712. The van der Waals surface area contributed by atoms with E-state index in [9.17, 15) is 0 Å². The molecule has 0 N–H and O–H groups in total. The van der Waals surface area contributed by atoms with Crippen molar-refractivity contribution in [1.82, 2.24) is 9.24 Å². The van der Waals surface area contributed by atoms with Crippen molar-refractivity contribution < 1.29 is 4.57 Å². The molecule has 0 fully saturated rings. The molecule has 1 atom stereocenters. The molecule has 5 heteroatoms. The Morgan fingerprint density at radius 3 is 2.43 bits per heavy atom. The average Bonchev–Trinajstić information content (AvgIpc) is 2.48. The maximum absolute atomic E-state index is 6.47. The molecule has 0 aromatic carbocycles. The SMILES string of the molecule is CCN(CC)P(Cl)c1n(C)cc[n+]1C. The van der Waals surface area contributed by atoms with Gasteiger partial charge in [0.15, 0.2) is 7.43 Å². The highest BCUT2D eigenvalue weighted by molar-refractivity contribution is 7.87. The van der Waals surface area contributed by atoms with Gasteiger partial charge in [0.1, 0.15) is 12.4 Å². The van der Waals surface area contributed by atoms with Crippen molar-refractivity contribution in [2.45, 2.75) is 13.8 Å². The molecule has 0 saturated carbocycles. The first kappa shape index (κ1) is 12.0. The maximum Gasteiger partial charge on any atom is 0.307 e. The van der Waals surface area contributed by atoms with Crippen LogP contribution in [0, 0.1) is 0 Å². The third kappa shape index (κ3) is 2.28. The normalized spacial score (nSPS) is 13.6. The molecule has 1 aromatic rings. The number of aryl methyl sites for hydroxylation is 2. The lowest BCUT2D eigenvalue weighted by Crippen LogP contribution is -2.45. The van der Waals surface area contributed by atoms with Gasteiger partial charge < -0.3 is 0 Å². The van der Waals surface area contributed by atoms with E-state index in [2.05, 4.69) is 27.7 Å². The van der Waals surface area contributed by atoms with Crippen LogP contribution in [0.5, 0.6) is 0 Å². The first-order chi connectivity index (χ1) is 6.61. The third-order valence-corrected chi connectivity index (χ3v) is 5.41. The summed E-state index contributed by atoms with van der Waals surface area (Å²) < 4.78 is 6.47. The lowest BCUT2D eigenvalue weighted by Gasteiger charge is -2.20. The standard InChI is InChI=1S/C9H18ClN3P/c1-5-13(6-2)14(10)9-11(3)7-8-12(9)4/h7-8H,5-6H2,1-4H3/q+1. The van der Waals surface area contributed by atoms with Crippen molar-refractivity contribution in [3.05, 3.63) is 12.4 Å². The van der Waals surface area contributed by atoms with Crippen LogP contribution in [0.3, 0.4) is 0 Å². The predicted octanol–water partition coefficient (Wildman–Crippen LogP) is 1.37. The van der Waals surface area contributed by atoms with Crippen LogP contribution >= 0.6 is 18.7 Å². The summed E-state index contributed by atoms with van der Waals surface area (Å²) in [6, 6.07) is 0. The summed E-state index contributed by atoms with van der Waals surface area (Å²) in [5, 5.41) is 0. The van der Waals surface area contributed by atoms with Crippen LogP contribution in [0.1, 0.15) is 13.8 Å². The fourth-order valence-electron chi connectivity index (χ4n) is 1.44. The zero-order valence-corrected chi connectivity index (χ0v) is 10.9. The van der Waals surface area contributed by atoms with E-state index in [4.69, 9.17) is 11.2 Å². The average molecular weight is 235 g/mol. The van der Waals surface area contributed by atoms with Crippen molar-refractivity contribution in [2.75, 3.05) is 13.1 Å². The number of hydrogen-bond donors (Lipinski definition) is 0. The van der Waals surface area contributed by atoms with E-state index in [0.29, 0.717) is 0 Å². The van der Waals surface area contributed by atoms with Gasteiger partial charge in [-0.2, -0.15) is 0 Å². The highest BCUT2D eigenvalue weighted by Gasteiger charge is 2.26. The molecular formula is C9H18ClN3P+. The van der Waals surface area contributed by atoms with Gasteiger partial charge in [-0.05, 0) is 0 Å². The molecule has 1 unspecified atom stereocenters. The number of nitrogens with zero attached hydrogens (tertiary/aromatic N) is 3. The fraction of sp³-hybridized carbons (Fsp3) is 0.667. The molecule has 0 spiro atoms. The lowest BCUT2D eigenvalue weighted by molar-refractivity contribution is -0.652. The molecular weight excluding hydrogens is 217 g/mol. The Morgan fingerprint density at radius 1 is 1.50 bits per heavy atom. The molecule has 1 aromatic heterocycles. The largest absolute Gasteiger partial charge is 0.307 e. The Kier molecular flexibility index (Phi) is 4.36. The van der Waals surface area contributed by atoms with Crippen molar-refractivity contribution >= 4 is 24.2 Å². The van der Waals surface area contributed by atoms with Gasteiger partial charge in [-0.25, -0.2) is 9.13 Å². The number of halogens is 1. The Balaban J connectivity index is 2.92. The summed E-state index contributed by atoms with van der Waals surface area (Å²) in [4.78, 5) is 0. The van der Waals surface area contributed by atoms with Crippen LogP contribution in [0.25, 0.3) is 0 Å². The predicted molar refractivity (Wildman–Crippen MR) is 61.9 cm³/mol. The smallest absolute Gasteiger partial charge is 0.261 e. The van der Waals surface area contributed by atoms with Gasteiger partial charge in [0.05, 0.1) is 14.1 Å². The van der Waals surface area contributed by atoms with Crippen LogP contribution in [0.15, 0.2) is 12.4 Å². The first-order valence-corrected chi connectivity index (χ1v) is 7.03. The van der Waals surface area contributed by atoms with Crippen LogP contribution < -0.4 is 10.1 Å².